The zero-order valence-corrected chi connectivity index (χ0v) is 19.4. The van der Waals surface area contributed by atoms with E-state index < -0.39 is 11.9 Å². The van der Waals surface area contributed by atoms with E-state index in [9.17, 15) is 14.0 Å². The number of fused-ring (bicyclic) bond motifs is 1. The van der Waals surface area contributed by atoms with Gasteiger partial charge in [-0.2, -0.15) is 0 Å². The van der Waals surface area contributed by atoms with Gasteiger partial charge in [-0.15, -0.1) is 0 Å². The minimum absolute atomic E-state index is 0.1000. The number of aromatic nitrogens is 3. The van der Waals surface area contributed by atoms with Crippen LogP contribution in [0.15, 0.2) is 29.2 Å². The number of halogens is 2. The average molecular weight is 475 g/mol. The second-order valence-electron chi connectivity index (χ2n) is 8.28. The largest absolute Gasteiger partial charge is 0.468 e. The summed E-state index contributed by atoms with van der Waals surface area (Å²) in [7, 11) is 0. The SMILES string of the molecule is Cc1nc2cc(Cl)c(C(C)Oc3ncc(C(=O)N4CC(C)OC(C)C4)cc3F)cc2c(=O)[nH]1. The summed E-state index contributed by atoms with van der Waals surface area (Å²) in [6.07, 6.45) is 0.374. The predicted octanol–water partition coefficient (Wildman–Crippen LogP) is 3.81. The summed E-state index contributed by atoms with van der Waals surface area (Å²) >= 11 is 6.38. The average Bonchev–Trinajstić information content (AvgIpc) is 2.73. The Labute approximate surface area is 194 Å². The number of H-pyrrole nitrogens is 1. The molecule has 0 saturated carbocycles. The van der Waals surface area contributed by atoms with Gasteiger partial charge in [-0.3, -0.25) is 9.59 Å². The third kappa shape index (κ3) is 4.84. The van der Waals surface area contributed by atoms with E-state index in [1.54, 1.807) is 30.9 Å². The summed E-state index contributed by atoms with van der Waals surface area (Å²) in [4.78, 5) is 37.6. The smallest absolute Gasteiger partial charge is 0.258 e. The highest BCUT2D eigenvalue weighted by atomic mass is 35.5. The van der Waals surface area contributed by atoms with Crippen LogP contribution in [0.25, 0.3) is 10.9 Å². The Morgan fingerprint density at radius 2 is 2.00 bits per heavy atom. The van der Waals surface area contributed by atoms with Crippen molar-refractivity contribution in [2.45, 2.75) is 46.0 Å². The predicted molar refractivity (Wildman–Crippen MR) is 121 cm³/mol. The van der Waals surface area contributed by atoms with E-state index in [0.717, 1.165) is 6.07 Å². The fourth-order valence-electron chi connectivity index (χ4n) is 3.99. The maximum Gasteiger partial charge on any atom is 0.258 e. The summed E-state index contributed by atoms with van der Waals surface area (Å²) in [5.41, 5.74) is 0.765. The summed E-state index contributed by atoms with van der Waals surface area (Å²) in [6, 6.07) is 4.26. The number of nitrogens with one attached hydrogen (secondary N) is 1. The van der Waals surface area contributed by atoms with Crippen molar-refractivity contribution < 1.29 is 18.7 Å². The van der Waals surface area contributed by atoms with Gasteiger partial charge >= 0.3 is 0 Å². The molecule has 1 amide bonds. The Morgan fingerprint density at radius 3 is 2.67 bits per heavy atom. The molecule has 0 spiro atoms. The standard InChI is InChI=1S/C23H24ClFN4O4/c1-11-9-29(10-12(2)32-11)23(31)15-5-19(25)22(26-8-15)33-13(3)16-6-17-20(7-18(16)24)27-14(4)28-21(17)30/h5-8,11-13H,9-10H2,1-4H3,(H,27,28,30). The van der Waals surface area contributed by atoms with Gasteiger partial charge in [0.25, 0.3) is 17.3 Å². The molecule has 8 nitrogen and oxygen atoms in total. The molecule has 3 unspecified atom stereocenters. The second-order valence-corrected chi connectivity index (χ2v) is 8.69. The Balaban J connectivity index is 1.55. The maximum absolute atomic E-state index is 14.8. The Morgan fingerprint density at radius 1 is 1.30 bits per heavy atom. The van der Waals surface area contributed by atoms with Gasteiger partial charge in [0.15, 0.2) is 5.82 Å². The van der Waals surface area contributed by atoms with Crippen LogP contribution >= 0.6 is 11.6 Å². The van der Waals surface area contributed by atoms with Gasteiger partial charge in [0.1, 0.15) is 11.9 Å². The van der Waals surface area contributed by atoms with Gasteiger partial charge in [0.05, 0.1) is 28.7 Å². The number of benzene rings is 1. The molecule has 1 saturated heterocycles. The lowest BCUT2D eigenvalue weighted by molar-refractivity contribution is -0.0586. The minimum atomic E-state index is -0.769. The molecule has 10 heteroatoms. The molecule has 3 heterocycles. The molecule has 33 heavy (non-hydrogen) atoms. The second kappa shape index (κ2) is 9.07. The number of rotatable bonds is 4. The number of pyridine rings is 1. The fourth-order valence-corrected chi connectivity index (χ4v) is 4.30. The Bertz CT molecular complexity index is 1270. The van der Waals surface area contributed by atoms with Crippen LogP contribution in [0.3, 0.4) is 0 Å². The quantitative estimate of drug-likeness (QED) is 0.617. The van der Waals surface area contributed by atoms with Gasteiger partial charge < -0.3 is 19.4 Å². The lowest BCUT2D eigenvalue weighted by Gasteiger charge is -2.35. The van der Waals surface area contributed by atoms with Crippen LogP contribution in [-0.2, 0) is 4.74 Å². The first-order valence-electron chi connectivity index (χ1n) is 10.6. The number of ether oxygens (including phenoxy) is 2. The number of nitrogens with zero attached hydrogens (tertiary/aromatic N) is 3. The minimum Gasteiger partial charge on any atom is -0.468 e. The van der Waals surface area contributed by atoms with Crippen LogP contribution in [0.4, 0.5) is 4.39 Å². The maximum atomic E-state index is 14.8. The summed E-state index contributed by atoms with van der Waals surface area (Å²) < 4.78 is 26.1. The Kier molecular flexibility index (Phi) is 6.36. The summed E-state index contributed by atoms with van der Waals surface area (Å²) in [5, 5.41) is 0.675. The molecule has 0 radical (unpaired) electrons. The number of carbonyl (C=O) groups excluding carboxylic acids is 1. The van der Waals surface area contributed by atoms with Crippen molar-refractivity contribution in [2.75, 3.05) is 13.1 Å². The Hall–Kier alpha value is -3.04. The van der Waals surface area contributed by atoms with Gasteiger partial charge in [0.2, 0.25) is 0 Å². The summed E-state index contributed by atoms with van der Waals surface area (Å²) in [6.45, 7) is 7.96. The lowest BCUT2D eigenvalue weighted by atomic mass is 10.1. The number of carbonyl (C=O) groups is 1. The van der Waals surface area contributed by atoms with Crippen LogP contribution in [-0.4, -0.2) is 51.1 Å². The van der Waals surface area contributed by atoms with Crippen molar-refractivity contribution in [3.8, 4) is 5.88 Å². The lowest BCUT2D eigenvalue weighted by Crippen LogP contribution is -2.48. The molecule has 174 valence electrons. The van der Waals surface area contributed by atoms with Crippen molar-refractivity contribution >= 4 is 28.4 Å². The van der Waals surface area contributed by atoms with E-state index in [-0.39, 0.29) is 35.1 Å². The van der Waals surface area contributed by atoms with Crippen molar-refractivity contribution in [1.29, 1.82) is 0 Å². The van der Waals surface area contributed by atoms with Crippen LogP contribution in [0.1, 0.15) is 48.6 Å². The zero-order chi connectivity index (χ0) is 23.9. The number of morpholine rings is 1. The van der Waals surface area contributed by atoms with E-state index in [0.29, 0.717) is 40.4 Å². The molecule has 1 aliphatic heterocycles. The number of hydrogen-bond acceptors (Lipinski definition) is 6. The highest BCUT2D eigenvalue weighted by molar-refractivity contribution is 6.32. The van der Waals surface area contributed by atoms with Crippen LogP contribution in [0.2, 0.25) is 5.02 Å². The normalized spacial score (nSPS) is 19.5. The molecule has 0 bridgehead atoms. The molecule has 0 aliphatic carbocycles. The highest BCUT2D eigenvalue weighted by Crippen LogP contribution is 2.30. The van der Waals surface area contributed by atoms with Gasteiger partial charge in [-0.1, -0.05) is 11.6 Å². The number of amides is 1. The van der Waals surface area contributed by atoms with E-state index in [4.69, 9.17) is 21.1 Å². The molecule has 2 aromatic heterocycles. The molecule has 3 aromatic rings. The first-order valence-corrected chi connectivity index (χ1v) is 11.0. The van der Waals surface area contributed by atoms with Crippen molar-refractivity contribution in [3.05, 3.63) is 62.5 Å². The highest BCUT2D eigenvalue weighted by Gasteiger charge is 2.27. The molecule has 1 N–H and O–H groups in total. The van der Waals surface area contributed by atoms with E-state index in [2.05, 4.69) is 15.0 Å². The fraction of sp³-hybridized carbons (Fsp3) is 0.391. The topological polar surface area (TPSA) is 97.4 Å². The summed E-state index contributed by atoms with van der Waals surface area (Å²) in [5.74, 6) is -0.880. The van der Waals surface area contributed by atoms with Gasteiger partial charge in [0, 0.05) is 29.9 Å². The molecular formula is C23H24ClFN4O4. The zero-order valence-electron chi connectivity index (χ0n) is 18.7. The first kappa shape index (κ1) is 23.1. The molecule has 3 atom stereocenters. The van der Waals surface area contributed by atoms with Crippen molar-refractivity contribution in [2.24, 2.45) is 0 Å². The van der Waals surface area contributed by atoms with Crippen LogP contribution in [0.5, 0.6) is 5.88 Å². The molecule has 4 rings (SSSR count). The number of aryl methyl sites for hydroxylation is 1. The third-order valence-corrected chi connectivity index (χ3v) is 5.76. The number of hydrogen-bond donors (Lipinski definition) is 1. The van der Waals surface area contributed by atoms with Crippen LogP contribution in [0, 0.1) is 12.7 Å². The first-order chi connectivity index (χ1) is 15.6. The molecule has 1 aromatic carbocycles. The molecule has 1 aliphatic rings. The molecule has 1 fully saturated rings. The van der Waals surface area contributed by atoms with Crippen LogP contribution < -0.4 is 10.3 Å². The van der Waals surface area contributed by atoms with E-state index >= 15 is 0 Å². The van der Waals surface area contributed by atoms with Gasteiger partial charge in [-0.25, -0.2) is 14.4 Å². The van der Waals surface area contributed by atoms with Gasteiger partial charge in [-0.05, 0) is 45.9 Å². The third-order valence-electron chi connectivity index (χ3n) is 5.43. The number of aromatic amines is 1. The van der Waals surface area contributed by atoms with Crippen molar-refractivity contribution in [3.63, 3.8) is 0 Å². The van der Waals surface area contributed by atoms with Crippen molar-refractivity contribution in [1.82, 2.24) is 19.9 Å². The van der Waals surface area contributed by atoms with E-state index in [1.165, 1.54) is 6.20 Å². The monoisotopic (exact) mass is 474 g/mol. The van der Waals surface area contributed by atoms with E-state index in [1.807, 2.05) is 13.8 Å². The molecular weight excluding hydrogens is 451 g/mol.